The van der Waals surface area contributed by atoms with Gasteiger partial charge < -0.3 is 14.4 Å². The Morgan fingerprint density at radius 1 is 1.08 bits per heavy atom. The van der Waals surface area contributed by atoms with Crippen LogP contribution in [0.1, 0.15) is 48.9 Å². The molecule has 4 aromatic rings. The number of imidazole rings is 1. The van der Waals surface area contributed by atoms with Gasteiger partial charge in [-0.3, -0.25) is 9.78 Å². The molecule has 0 N–H and O–H groups in total. The van der Waals surface area contributed by atoms with Crippen molar-refractivity contribution in [1.82, 2.24) is 29.5 Å². The maximum absolute atomic E-state index is 13.3. The summed E-state index contributed by atoms with van der Waals surface area (Å²) in [5.74, 6) is -0.311. The quantitative estimate of drug-likeness (QED) is 0.361. The lowest BCUT2D eigenvalue weighted by Crippen LogP contribution is -2.41. The van der Waals surface area contributed by atoms with E-state index in [1.807, 2.05) is 6.07 Å². The van der Waals surface area contributed by atoms with Crippen molar-refractivity contribution in [3.8, 4) is 23.1 Å². The molecule has 1 saturated carbocycles. The van der Waals surface area contributed by atoms with Crippen LogP contribution in [0.15, 0.2) is 36.9 Å². The number of fused-ring (bicyclic) bond motifs is 2. The van der Waals surface area contributed by atoms with Gasteiger partial charge in [0.2, 0.25) is 11.8 Å². The molecular weight excluding hydrogens is 515 g/mol. The fraction of sp³-hybridized carbons (Fsp3) is 0.385. The molecule has 1 aliphatic carbocycles. The molecule has 1 aliphatic heterocycles. The number of carbonyl (C=O) groups is 1. The van der Waals surface area contributed by atoms with Crippen molar-refractivity contribution < 1.29 is 27.4 Å². The number of hydrogen-bond donors (Lipinski definition) is 0. The monoisotopic (exact) mass is 539 g/mol. The Morgan fingerprint density at radius 2 is 1.87 bits per heavy atom. The van der Waals surface area contributed by atoms with Crippen molar-refractivity contribution in [2.24, 2.45) is 0 Å². The lowest BCUT2D eigenvalue weighted by molar-refractivity contribution is -0.134. The highest BCUT2D eigenvalue weighted by molar-refractivity contribution is 6.07. The third-order valence-corrected chi connectivity index (χ3v) is 7.28. The van der Waals surface area contributed by atoms with E-state index in [1.54, 1.807) is 49.2 Å². The van der Waals surface area contributed by atoms with Gasteiger partial charge in [-0.05, 0) is 49.8 Å². The van der Waals surface area contributed by atoms with Crippen LogP contribution < -0.4 is 14.4 Å². The highest BCUT2D eigenvalue weighted by Gasteiger charge is 2.50. The second-order valence-corrected chi connectivity index (χ2v) is 10.2. The standard InChI is InChI=1S/C26H24F3N7O3/c1-25(2)20-19(35(23(25)37)12-26(27,28)29)7-13(10-31-20)14-8-15(14)16-9-18(34-36-6-5-30-21(16)36)17-11-32-24(39-4)33-22(17)38-3/h5-7,9-11,14-15H,8,12H2,1-4H3/t14-,15+/m1/s1. The van der Waals surface area contributed by atoms with Gasteiger partial charge in [0.1, 0.15) is 6.54 Å². The van der Waals surface area contributed by atoms with E-state index < -0.39 is 24.0 Å². The molecule has 2 atom stereocenters. The van der Waals surface area contributed by atoms with Crippen LogP contribution in [0, 0.1) is 0 Å². The summed E-state index contributed by atoms with van der Waals surface area (Å²) < 4.78 is 52.2. The summed E-state index contributed by atoms with van der Waals surface area (Å²) in [6, 6.07) is 3.74. The molecule has 5 heterocycles. The van der Waals surface area contributed by atoms with E-state index in [9.17, 15) is 18.0 Å². The maximum atomic E-state index is 13.3. The Bertz CT molecular complexity index is 1620. The van der Waals surface area contributed by atoms with E-state index in [1.165, 1.54) is 14.2 Å². The number of nitrogens with zero attached hydrogens (tertiary/aromatic N) is 7. The van der Waals surface area contributed by atoms with E-state index in [0.717, 1.165) is 22.4 Å². The molecule has 2 aliphatic rings. The maximum Gasteiger partial charge on any atom is 0.406 e. The fourth-order valence-corrected chi connectivity index (χ4v) is 5.28. The number of pyridine rings is 1. The summed E-state index contributed by atoms with van der Waals surface area (Å²) in [6.07, 6.45) is 2.82. The van der Waals surface area contributed by atoms with E-state index in [2.05, 4.69) is 25.0 Å². The van der Waals surface area contributed by atoms with Gasteiger partial charge in [0.15, 0.2) is 5.65 Å². The van der Waals surface area contributed by atoms with Crippen LogP contribution in [0.3, 0.4) is 0 Å². The van der Waals surface area contributed by atoms with Crippen LogP contribution in [0.2, 0.25) is 0 Å². The lowest BCUT2D eigenvalue weighted by atomic mass is 9.90. The van der Waals surface area contributed by atoms with Crippen LogP contribution in [0.25, 0.3) is 16.9 Å². The van der Waals surface area contributed by atoms with E-state index in [-0.39, 0.29) is 23.5 Å². The lowest BCUT2D eigenvalue weighted by Gasteiger charge is -2.21. The van der Waals surface area contributed by atoms with Gasteiger partial charge in [0.25, 0.3) is 0 Å². The first kappa shape index (κ1) is 25.0. The molecule has 13 heteroatoms. The summed E-state index contributed by atoms with van der Waals surface area (Å²) in [5.41, 5.74) is 2.92. The predicted octanol–water partition coefficient (Wildman–Crippen LogP) is 4.06. The van der Waals surface area contributed by atoms with Crippen molar-refractivity contribution in [3.05, 3.63) is 53.7 Å². The molecular formula is C26H24F3N7O3. The van der Waals surface area contributed by atoms with E-state index >= 15 is 0 Å². The molecule has 6 rings (SSSR count). The van der Waals surface area contributed by atoms with Crippen LogP contribution in [-0.2, 0) is 10.2 Å². The summed E-state index contributed by atoms with van der Waals surface area (Å²) >= 11 is 0. The van der Waals surface area contributed by atoms with Crippen molar-refractivity contribution in [2.75, 3.05) is 25.7 Å². The first-order valence-electron chi connectivity index (χ1n) is 12.2. The number of ether oxygens (including phenoxy) is 2. The third-order valence-electron chi connectivity index (χ3n) is 7.28. The second-order valence-electron chi connectivity index (χ2n) is 10.2. The molecule has 10 nitrogen and oxygen atoms in total. The first-order valence-corrected chi connectivity index (χ1v) is 12.2. The zero-order valence-electron chi connectivity index (χ0n) is 21.5. The molecule has 0 aromatic carbocycles. The molecule has 0 radical (unpaired) electrons. The number of hydrogen-bond acceptors (Lipinski definition) is 8. The summed E-state index contributed by atoms with van der Waals surface area (Å²) in [6.45, 7) is 1.85. The second kappa shape index (κ2) is 8.61. The number of alkyl halides is 3. The number of amides is 1. The van der Waals surface area contributed by atoms with Crippen LogP contribution in [0.5, 0.6) is 11.9 Å². The topological polar surface area (TPSA) is 108 Å². The summed E-state index contributed by atoms with van der Waals surface area (Å²) in [7, 11) is 2.95. The number of aromatic nitrogens is 6. The molecule has 0 unspecified atom stereocenters. The minimum absolute atomic E-state index is 0.0147. The summed E-state index contributed by atoms with van der Waals surface area (Å²) in [5, 5.41) is 4.64. The van der Waals surface area contributed by atoms with Gasteiger partial charge in [-0.15, -0.1) is 0 Å². The van der Waals surface area contributed by atoms with Gasteiger partial charge in [-0.1, -0.05) is 0 Å². The molecule has 1 fully saturated rings. The Morgan fingerprint density at radius 3 is 2.59 bits per heavy atom. The highest BCUT2D eigenvalue weighted by Crippen LogP contribution is 2.57. The average Bonchev–Trinajstić information content (AvgIpc) is 3.52. The van der Waals surface area contributed by atoms with Crippen molar-refractivity contribution in [3.63, 3.8) is 0 Å². The number of anilines is 1. The Hall–Kier alpha value is -4.29. The van der Waals surface area contributed by atoms with Crippen molar-refractivity contribution >= 4 is 17.2 Å². The fourth-order valence-electron chi connectivity index (χ4n) is 5.28. The minimum Gasteiger partial charge on any atom is -0.480 e. The molecule has 1 amide bonds. The average molecular weight is 540 g/mol. The largest absolute Gasteiger partial charge is 0.480 e. The van der Waals surface area contributed by atoms with Crippen molar-refractivity contribution in [2.45, 2.75) is 43.7 Å². The molecule has 4 aromatic heterocycles. The SMILES string of the molecule is COc1ncc(-c2cc([C@H]3C[C@@H]3c3cnc4c(c3)N(CC(F)(F)F)C(=O)C4(C)C)c3nccn3n2)c(OC)n1. The number of carbonyl (C=O) groups excluding carboxylic acids is 1. The first-order chi connectivity index (χ1) is 18.5. The molecule has 0 bridgehead atoms. The highest BCUT2D eigenvalue weighted by atomic mass is 19.4. The number of methoxy groups -OCH3 is 2. The smallest absolute Gasteiger partial charge is 0.406 e. The zero-order valence-corrected chi connectivity index (χ0v) is 21.5. The van der Waals surface area contributed by atoms with Gasteiger partial charge in [0, 0.05) is 30.4 Å². The van der Waals surface area contributed by atoms with E-state index in [0.29, 0.717) is 28.5 Å². The van der Waals surface area contributed by atoms with Crippen LogP contribution >= 0.6 is 0 Å². The minimum atomic E-state index is -4.53. The normalized spacial score (nSPS) is 19.9. The molecule has 202 valence electrons. The van der Waals surface area contributed by atoms with E-state index in [4.69, 9.17) is 9.47 Å². The van der Waals surface area contributed by atoms with Crippen molar-refractivity contribution in [1.29, 1.82) is 0 Å². The van der Waals surface area contributed by atoms with Gasteiger partial charge >= 0.3 is 12.2 Å². The zero-order chi connectivity index (χ0) is 27.7. The van der Waals surface area contributed by atoms with Gasteiger partial charge in [-0.25, -0.2) is 14.5 Å². The van der Waals surface area contributed by atoms with Gasteiger partial charge in [0.05, 0.1) is 42.3 Å². The Kier molecular flexibility index (Phi) is 5.52. The summed E-state index contributed by atoms with van der Waals surface area (Å²) in [4.78, 5) is 31.1. The number of rotatable bonds is 6. The van der Waals surface area contributed by atoms with Gasteiger partial charge in [-0.2, -0.15) is 23.3 Å². The molecule has 0 spiro atoms. The third kappa shape index (κ3) is 4.12. The number of halogens is 3. The Balaban J connectivity index is 1.37. The van der Waals surface area contributed by atoms with Crippen LogP contribution in [0.4, 0.5) is 18.9 Å². The predicted molar refractivity (Wildman–Crippen MR) is 133 cm³/mol. The molecule has 39 heavy (non-hydrogen) atoms. The molecule has 0 saturated heterocycles. The van der Waals surface area contributed by atoms with Crippen LogP contribution in [-0.4, -0.2) is 62.4 Å². The Labute approximate surface area is 220 Å².